The van der Waals surface area contributed by atoms with Crippen LogP contribution in [-0.2, 0) is 9.59 Å². The lowest BCUT2D eigenvalue weighted by Gasteiger charge is -2.21. The molecule has 0 saturated carbocycles. The summed E-state index contributed by atoms with van der Waals surface area (Å²) in [4.78, 5) is 26.2. The van der Waals surface area contributed by atoms with E-state index in [9.17, 15) is 9.59 Å². The van der Waals surface area contributed by atoms with Crippen LogP contribution in [-0.4, -0.2) is 67.9 Å². The van der Waals surface area contributed by atoms with Gasteiger partial charge in [0.05, 0.1) is 12.1 Å². The first-order valence-electron chi connectivity index (χ1n) is 5.60. The van der Waals surface area contributed by atoms with Gasteiger partial charge in [0.25, 0.3) is 0 Å². The van der Waals surface area contributed by atoms with E-state index in [0.29, 0.717) is 19.6 Å². The van der Waals surface area contributed by atoms with Gasteiger partial charge in [-0.2, -0.15) is 0 Å². The lowest BCUT2D eigenvalue weighted by Crippen LogP contribution is -2.50. The first-order valence-corrected chi connectivity index (χ1v) is 5.60. The van der Waals surface area contributed by atoms with Crippen molar-refractivity contribution in [1.29, 1.82) is 0 Å². The maximum Gasteiger partial charge on any atom is 0.239 e. The number of hydrogen-bond donors (Lipinski definition) is 2. The lowest BCUT2D eigenvalue weighted by atomic mass is 10.1. The van der Waals surface area contributed by atoms with Crippen LogP contribution in [0.1, 0.15) is 13.8 Å². The van der Waals surface area contributed by atoms with E-state index in [1.54, 1.807) is 27.9 Å². The Morgan fingerprint density at radius 3 is 2.18 bits per heavy atom. The van der Waals surface area contributed by atoms with E-state index in [0.717, 1.165) is 0 Å². The fraction of sp³-hybridized carbons (Fsp3) is 0.818. The first-order chi connectivity index (χ1) is 7.64. The Labute approximate surface area is 103 Å². The third-order valence-electron chi connectivity index (χ3n) is 2.27. The molecular weight excluding hydrogens is 220 g/mol. The molecule has 0 atom stereocenters. The van der Waals surface area contributed by atoms with Crippen LogP contribution >= 0.6 is 0 Å². The van der Waals surface area contributed by atoms with Crippen LogP contribution in [0.3, 0.4) is 0 Å². The van der Waals surface area contributed by atoms with Gasteiger partial charge in [0.2, 0.25) is 11.8 Å². The van der Waals surface area contributed by atoms with Gasteiger partial charge < -0.3 is 16.0 Å². The molecule has 0 aliphatic rings. The van der Waals surface area contributed by atoms with E-state index in [2.05, 4.69) is 5.32 Å². The molecule has 6 nitrogen and oxygen atoms in total. The summed E-state index contributed by atoms with van der Waals surface area (Å²) < 4.78 is 0. The zero-order chi connectivity index (χ0) is 13.6. The first kappa shape index (κ1) is 15.9. The zero-order valence-corrected chi connectivity index (χ0v) is 11.4. The van der Waals surface area contributed by atoms with Gasteiger partial charge in [-0.3, -0.25) is 14.5 Å². The number of nitrogens with one attached hydrogen (secondary N) is 1. The second-order valence-electron chi connectivity index (χ2n) is 5.00. The van der Waals surface area contributed by atoms with Gasteiger partial charge in [-0.15, -0.1) is 0 Å². The van der Waals surface area contributed by atoms with E-state index in [4.69, 9.17) is 5.73 Å². The number of carbonyl (C=O) groups excluding carboxylic acids is 2. The largest absolute Gasteiger partial charge is 0.353 e. The predicted octanol–water partition coefficient (Wildman–Crippen LogP) is -1.14. The summed E-state index contributed by atoms with van der Waals surface area (Å²) in [5.41, 5.74) is 4.77. The fourth-order valence-corrected chi connectivity index (χ4v) is 1.04. The van der Waals surface area contributed by atoms with Crippen molar-refractivity contribution in [3.8, 4) is 0 Å². The average Bonchev–Trinajstić information content (AvgIpc) is 2.15. The lowest BCUT2D eigenvalue weighted by molar-refractivity contribution is -0.129. The molecule has 2 amide bonds. The Kier molecular flexibility index (Phi) is 6.12. The third kappa shape index (κ3) is 6.91. The van der Waals surface area contributed by atoms with Crippen LogP contribution in [0.5, 0.6) is 0 Å². The molecule has 0 spiro atoms. The molecule has 0 aliphatic heterocycles. The van der Waals surface area contributed by atoms with Gasteiger partial charge in [0.15, 0.2) is 0 Å². The van der Waals surface area contributed by atoms with E-state index >= 15 is 0 Å². The highest BCUT2D eigenvalue weighted by Gasteiger charge is 2.21. The minimum absolute atomic E-state index is 0.0398. The van der Waals surface area contributed by atoms with Crippen molar-refractivity contribution in [2.75, 3.05) is 40.8 Å². The highest BCUT2D eigenvalue weighted by atomic mass is 16.2. The predicted molar refractivity (Wildman–Crippen MR) is 67.5 cm³/mol. The van der Waals surface area contributed by atoms with E-state index in [-0.39, 0.29) is 11.8 Å². The third-order valence-corrected chi connectivity index (χ3v) is 2.27. The smallest absolute Gasteiger partial charge is 0.239 e. The van der Waals surface area contributed by atoms with Gasteiger partial charge in [-0.1, -0.05) is 0 Å². The van der Waals surface area contributed by atoms with Gasteiger partial charge in [0, 0.05) is 27.2 Å². The molecule has 3 N–H and O–H groups in total. The molecule has 0 radical (unpaired) electrons. The summed E-state index contributed by atoms with van der Waals surface area (Å²) in [7, 11) is 5.27. The molecule has 0 aliphatic carbocycles. The van der Waals surface area contributed by atoms with Crippen molar-refractivity contribution in [3.05, 3.63) is 0 Å². The minimum atomic E-state index is -0.863. The quantitative estimate of drug-likeness (QED) is 0.619. The number of amides is 2. The Hall–Kier alpha value is -1.14. The Balaban J connectivity index is 3.83. The van der Waals surface area contributed by atoms with E-state index < -0.39 is 5.54 Å². The molecule has 0 aromatic carbocycles. The SMILES string of the molecule is CN(CCNC(=O)C(C)(C)N)CC(=O)N(C)C. The molecule has 0 heterocycles. The molecular formula is C11H24N4O2. The van der Waals surface area contributed by atoms with Crippen LogP contribution < -0.4 is 11.1 Å². The molecule has 0 aromatic rings. The van der Waals surface area contributed by atoms with E-state index in [1.807, 2.05) is 11.9 Å². The maximum absolute atomic E-state index is 11.4. The van der Waals surface area contributed by atoms with Crippen LogP contribution in [0.2, 0.25) is 0 Å². The van der Waals surface area contributed by atoms with Crippen molar-refractivity contribution in [3.63, 3.8) is 0 Å². The Bertz CT molecular complexity index is 271. The van der Waals surface area contributed by atoms with Crippen LogP contribution in [0, 0.1) is 0 Å². The highest BCUT2D eigenvalue weighted by molar-refractivity contribution is 5.85. The number of nitrogens with two attached hydrogens (primary N) is 1. The molecule has 0 rings (SSSR count). The molecule has 0 saturated heterocycles. The van der Waals surface area contributed by atoms with Crippen molar-refractivity contribution in [2.24, 2.45) is 5.73 Å². The van der Waals surface area contributed by atoms with Crippen LogP contribution in [0.25, 0.3) is 0 Å². The van der Waals surface area contributed by atoms with Gasteiger partial charge in [0.1, 0.15) is 0 Å². The van der Waals surface area contributed by atoms with Gasteiger partial charge >= 0.3 is 0 Å². The van der Waals surface area contributed by atoms with Gasteiger partial charge in [-0.25, -0.2) is 0 Å². The molecule has 100 valence electrons. The summed E-state index contributed by atoms with van der Waals surface area (Å²) in [5, 5.41) is 2.73. The summed E-state index contributed by atoms with van der Waals surface area (Å²) in [6.45, 7) is 4.75. The summed E-state index contributed by atoms with van der Waals surface area (Å²) in [6, 6.07) is 0. The fourth-order valence-electron chi connectivity index (χ4n) is 1.04. The van der Waals surface area contributed by atoms with E-state index in [1.165, 1.54) is 4.90 Å². The number of rotatable bonds is 6. The Morgan fingerprint density at radius 2 is 1.76 bits per heavy atom. The second-order valence-corrected chi connectivity index (χ2v) is 5.00. The van der Waals surface area contributed by atoms with Gasteiger partial charge in [-0.05, 0) is 20.9 Å². The van der Waals surface area contributed by atoms with Crippen LogP contribution in [0.15, 0.2) is 0 Å². The van der Waals surface area contributed by atoms with Crippen molar-refractivity contribution >= 4 is 11.8 Å². The molecule has 17 heavy (non-hydrogen) atoms. The average molecular weight is 244 g/mol. The van der Waals surface area contributed by atoms with Crippen molar-refractivity contribution in [2.45, 2.75) is 19.4 Å². The molecule has 0 bridgehead atoms. The molecule has 6 heteroatoms. The standard InChI is InChI=1S/C11H24N4O2/c1-11(2,12)10(17)13-6-7-15(5)8-9(16)14(3)4/h6-8,12H2,1-5H3,(H,13,17). The normalized spacial score (nSPS) is 11.5. The van der Waals surface area contributed by atoms with Crippen molar-refractivity contribution < 1.29 is 9.59 Å². The number of carbonyl (C=O) groups is 2. The molecule has 0 fully saturated rings. The number of likely N-dealkylation sites (N-methyl/N-ethyl adjacent to an activating group) is 2. The van der Waals surface area contributed by atoms with Crippen LogP contribution in [0.4, 0.5) is 0 Å². The summed E-state index contributed by atoms with van der Waals surface area (Å²) in [6.07, 6.45) is 0. The zero-order valence-electron chi connectivity index (χ0n) is 11.4. The monoisotopic (exact) mass is 244 g/mol. The minimum Gasteiger partial charge on any atom is -0.353 e. The summed E-state index contributed by atoms with van der Waals surface area (Å²) in [5.74, 6) is -0.150. The number of nitrogens with zero attached hydrogens (tertiary/aromatic N) is 2. The maximum atomic E-state index is 11.4. The number of hydrogen-bond acceptors (Lipinski definition) is 4. The molecule has 0 unspecified atom stereocenters. The second kappa shape index (κ2) is 6.56. The van der Waals surface area contributed by atoms with Crippen molar-refractivity contribution in [1.82, 2.24) is 15.1 Å². The Morgan fingerprint density at radius 1 is 1.24 bits per heavy atom. The summed E-state index contributed by atoms with van der Waals surface area (Å²) >= 11 is 0. The topological polar surface area (TPSA) is 78.7 Å². The highest BCUT2D eigenvalue weighted by Crippen LogP contribution is 1.95. The molecule has 0 aromatic heterocycles.